The minimum Gasteiger partial charge on any atom is -0.508 e. The van der Waals surface area contributed by atoms with E-state index in [0.29, 0.717) is 18.2 Å². The average molecular weight is 274 g/mol. The Hall–Kier alpha value is -2.41. The second-order valence-electron chi connectivity index (χ2n) is 4.72. The van der Waals surface area contributed by atoms with Gasteiger partial charge in [-0.05, 0) is 24.1 Å². The summed E-state index contributed by atoms with van der Waals surface area (Å²) in [5, 5.41) is 9.26. The van der Waals surface area contributed by atoms with Crippen molar-refractivity contribution in [3.63, 3.8) is 0 Å². The maximum absolute atomic E-state index is 9.26. The highest BCUT2D eigenvalue weighted by Crippen LogP contribution is 2.17. The van der Waals surface area contributed by atoms with Crippen LogP contribution in [0.15, 0.2) is 24.3 Å². The molecule has 1 aromatic heterocycles. The lowest BCUT2D eigenvalue weighted by Gasteiger charge is -2.15. The number of aromatic hydroxyl groups is 1. The van der Waals surface area contributed by atoms with Gasteiger partial charge in [0.2, 0.25) is 11.9 Å². The fourth-order valence-corrected chi connectivity index (χ4v) is 1.74. The third-order valence-corrected chi connectivity index (χ3v) is 2.78. The molecule has 0 spiro atoms. The van der Waals surface area contributed by atoms with E-state index in [1.807, 2.05) is 26.2 Å². The molecule has 0 fully saturated rings. The van der Waals surface area contributed by atoms with Crippen LogP contribution in [-0.2, 0) is 6.42 Å². The number of hydrogen-bond acceptors (Lipinski definition) is 7. The summed E-state index contributed by atoms with van der Waals surface area (Å²) < 4.78 is 0. The Balaban J connectivity index is 2.20. The van der Waals surface area contributed by atoms with Gasteiger partial charge in [0.15, 0.2) is 5.82 Å². The van der Waals surface area contributed by atoms with Crippen LogP contribution in [0.2, 0.25) is 0 Å². The van der Waals surface area contributed by atoms with Gasteiger partial charge in [0, 0.05) is 14.1 Å². The highest BCUT2D eigenvalue weighted by Gasteiger charge is 2.14. The van der Waals surface area contributed by atoms with E-state index in [-0.39, 0.29) is 17.7 Å². The number of nitrogen functional groups attached to an aromatic ring is 1. The van der Waals surface area contributed by atoms with E-state index in [9.17, 15) is 5.11 Å². The van der Waals surface area contributed by atoms with Crippen LogP contribution >= 0.6 is 0 Å². The van der Waals surface area contributed by atoms with Gasteiger partial charge in [-0.1, -0.05) is 12.1 Å². The van der Waals surface area contributed by atoms with Gasteiger partial charge in [-0.2, -0.15) is 15.0 Å². The minimum atomic E-state index is -0.386. The summed E-state index contributed by atoms with van der Waals surface area (Å²) in [5.41, 5.74) is 12.8. The molecule has 2 aromatic rings. The molecular weight excluding hydrogens is 256 g/mol. The summed E-state index contributed by atoms with van der Waals surface area (Å²) in [6.07, 6.45) is 0.552. The summed E-state index contributed by atoms with van der Waals surface area (Å²) in [6.45, 7) is 0. The topological polar surface area (TPSA) is 114 Å². The second kappa shape index (κ2) is 5.70. The van der Waals surface area contributed by atoms with E-state index in [1.54, 1.807) is 17.0 Å². The third-order valence-electron chi connectivity index (χ3n) is 2.78. The molecule has 0 saturated carbocycles. The first kappa shape index (κ1) is 14.0. The van der Waals surface area contributed by atoms with Crippen LogP contribution in [0.3, 0.4) is 0 Å². The van der Waals surface area contributed by atoms with Gasteiger partial charge < -0.3 is 21.5 Å². The standard InChI is InChI=1S/C13H18N6O/c1-19(2)13-17-11(16-12(15)18-13)10(14)7-8-3-5-9(20)6-4-8/h3-6,10,20H,7,14H2,1-2H3,(H2,15,16,17,18). The van der Waals surface area contributed by atoms with Crippen LogP contribution in [0.5, 0.6) is 5.75 Å². The quantitative estimate of drug-likeness (QED) is 0.742. The van der Waals surface area contributed by atoms with E-state index in [1.165, 1.54) is 0 Å². The van der Waals surface area contributed by atoms with Gasteiger partial charge in [0.25, 0.3) is 0 Å². The number of nitrogens with two attached hydrogens (primary N) is 2. The van der Waals surface area contributed by atoms with Crippen LogP contribution < -0.4 is 16.4 Å². The van der Waals surface area contributed by atoms with Crippen molar-refractivity contribution in [2.75, 3.05) is 24.7 Å². The molecule has 1 aromatic carbocycles. The van der Waals surface area contributed by atoms with Crippen LogP contribution in [-0.4, -0.2) is 34.2 Å². The van der Waals surface area contributed by atoms with Gasteiger partial charge in [-0.3, -0.25) is 0 Å². The molecule has 0 saturated heterocycles. The van der Waals surface area contributed by atoms with Crippen molar-refractivity contribution in [2.45, 2.75) is 12.5 Å². The normalized spacial score (nSPS) is 12.2. The molecule has 1 unspecified atom stereocenters. The third kappa shape index (κ3) is 3.33. The Morgan fingerprint density at radius 2 is 1.80 bits per heavy atom. The van der Waals surface area contributed by atoms with E-state index in [2.05, 4.69) is 15.0 Å². The minimum absolute atomic E-state index is 0.153. The average Bonchev–Trinajstić information content (AvgIpc) is 2.40. The maximum atomic E-state index is 9.26. The van der Waals surface area contributed by atoms with E-state index in [4.69, 9.17) is 11.5 Å². The zero-order chi connectivity index (χ0) is 14.7. The van der Waals surface area contributed by atoms with Crippen LogP contribution in [0.1, 0.15) is 17.4 Å². The molecule has 20 heavy (non-hydrogen) atoms. The molecule has 0 amide bonds. The largest absolute Gasteiger partial charge is 0.508 e. The first-order valence-corrected chi connectivity index (χ1v) is 6.18. The second-order valence-corrected chi connectivity index (χ2v) is 4.72. The molecule has 5 N–H and O–H groups in total. The number of nitrogens with zero attached hydrogens (tertiary/aromatic N) is 4. The lowest BCUT2D eigenvalue weighted by atomic mass is 10.1. The molecule has 0 radical (unpaired) electrons. The Labute approximate surface area is 117 Å². The number of anilines is 2. The van der Waals surface area contributed by atoms with Gasteiger partial charge in [-0.25, -0.2) is 0 Å². The Morgan fingerprint density at radius 3 is 2.40 bits per heavy atom. The zero-order valence-electron chi connectivity index (χ0n) is 11.5. The van der Waals surface area contributed by atoms with Crippen molar-refractivity contribution in [1.82, 2.24) is 15.0 Å². The molecule has 0 aliphatic rings. The molecule has 0 bridgehead atoms. The summed E-state index contributed by atoms with van der Waals surface area (Å²) >= 11 is 0. The SMILES string of the molecule is CN(C)c1nc(N)nc(C(N)Cc2ccc(O)cc2)n1. The fourth-order valence-electron chi connectivity index (χ4n) is 1.74. The smallest absolute Gasteiger partial charge is 0.229 e. The monoisotopic (exact) mass is 274 g/mol. The van der Waals surface area contributed by atoms with Gasteiger partial charge in [0.05, 0.1) is 6.04 Å². The highest BCUT2D eigenvalue weighted by molar-refractivity contribution is 5.33. The number of aromatic nitrogens is 3. The molecular formula is C13H18N6O. The number of rotatable bonds is 4. The zero-order valence-corrected chi connectivity index (χ0v) is 11.5. The van der Waals surface area contributed by atoms with Gasteiger partial charge >= 0.3 is 0 Å². The molecule has 1 heterocycles. The fraction of sp³-hybridized carbons (Fsp3) is 0.308. The molecule has 106 valence electrons. The molecule has 2 rings (SSSR count). The van der Waals surface area contributed by atoms with Crippen LogP contribution in [0.25, 0.3) is 0 Å². The van der Waals surface area contributed by atoms with E-state index < -0.39 is 0 Å². The molecule has 0 aliphatic heterocycles. The van der Waals surface area contributed by atoms with E-state index >= 15 is 0 Å². The van der Waals surface area contributed by atoms with Gasteiger partial charge in [-0.15, -0.1) is 0 Å². The van der Waals surface area contributed by atoms with Crippen molar-refractivity contribution >= 4 is 11.9 Å². The molecule has 0 aliphatic carbocycles. The van der Waals surface area contributed by atoms with Crippen LogP contribution in [0, 0.1) is 0 Å². The van der Waals surface area contributed by atoms with Crippen molar-refractivity contribution < 1.29 is 5.11 Å². The van der Waals surface area contributed by atoms with Crippen molar-refractivity contribution in [2.24, 2.45) is 5.73 Å². The van der Waals surface area contributed by atoms with Crippen molar-refractivity contribution in [1.29, 1.82) is 0 Å². The molecule has 7 nitrogen and oxygen atoms in total. The summed E-state index contributed by atoms with van der Waals surface area (Å²) in [4.78, 5) is 14.2. The van der Waals surface area contributed by atoms with Gasteiger partial charge in [0.1, 0.15) is 5.75 Å². The van der Waals surface area contributed by atoms with Crippen molar-refractivity contribution in [3.8, 4) is 5.75 Å². The Bertz CT molecular complexity index is 584. The summed E-state index contributed by atoms with van der Waals surface area (Å²) in [5.74, 6) is 1.31. The number of phenols is 1. The highest BCUT2D eigenvalue weighted by atomic mass is 16.3. The van der Waals surface area contributed by atoms with Crippen LogP contribution in [0.4, 0.5) is 11.9 Å². The number of benzene rings is 1. The Kier molecular flexibility index (Phi) is 3.99. The summed E-state index contributed by atoms with van der Waals surface area (Å²) in [6, 6.07) is 6.48. The predicted octanol–water partition coefficient (Wildman–Crippen LogP) is 0.468. The Morgan fingerprint density at radius 1 is 1.15 bits per heavy atom. The molecule has 7 heteroatoms. The first-order valence-electron chi connectivity index (χ1n) is 6.18. The number of hydrogen-bond donors (Lipinski definition) is 3. The van der Waals surface area contributed by atoms with Crippen molar-refractivity contribution in [3.05, 3.63) is 35.7 Å². The predicted molar refractivity (Wildman–Crippen MR) is 77.3 cm³/mol. The first-order chi connectivity index (χ1) is 9.45. The van der Waals surface area contributed by atoms with E-state index in [0.717, 1.165) is 5.56 Å². The lowest BCUT2D eigenvalue weighted by Crippen LogP contribution is -2.21. The maximum Gasteiger partial charge on any atom is 0.229 e. The number of phenolic OH excluding ortho intramolecular Hbond substituents is 1. The molecule has 1 atom stereocenters. The summed E-state index contributed by atoms with van der Waals surface area (Å²) in [7, 11) is 3.65. The lowest BCUT2D eigenvalue weighted by molar-refractivity contribution is 0.475.